The molecule has 0 spiro atoms. The second kappa shape index (κ2) is 13.6. The van der Waals surface area contributed by atoms with Crippen molar-refractivity contribution in [3.05, 3.63) is 88.4 Å². The minimum absolute atomic E-state index is 0.00285. The average Bonchev–Trinajstić information content (AvgIpc) is 2.92. The molecule has 0 saturated carbocycles. The van der Waals surface area contributed by atoms with Crippen LogP contribution in [0.5, 0.6) is 5.75 Å². The van der Waals surface area contributed by atoms with Crippen LogP contribution in [-0.2, 0) is 26.2 Å². The van der Waals surface area contributed by atoms with E-state index in [4.69, 9.17) is 27.9 Å². The van der Waals surface area contributed by atoms with Crippen molar-refractivity contribution in [1.29, 1.82) is 0 Å². The van der Waals surface area contributed by atoms with Gasteiger partial charge in [0.1, 0.15) is 18.3 Å². The highest BCUT2D eigenvalue weighted by molar-refractivity contribution is 7.92. The van der Waals surface area contributed by atoms with Crippen LogP contribution in [0.25, 0.3) is 0 Å². The van der Waals surface area contributed by atoms with Gasteiger partial charge in [0.25, 0.3) is 10.0 Å². The molecule has 11 heteroatoms. The van der Waals surface area contributed by atoms with E-state index in [1.165, 1.54) is 24.1 Å². The third kappa shape index (κ3) is 7.93. The largest absolute Gasteiger partial charge is 0.495 e. The van der Waals surface area contributed by atoms with E-state index < -0.39 is 34.1 Å². The fourth-order valence-corrected chi connectivity index (χ4v) is 6.26. The lowest BCUT2D eigenvalue weighted by molar-refractivity contribution is -0.141. The Balaban J connectivity index is 2.14. The van der Waals surface area contributed by atoms with Crippen molar-refractivity contribution < 1.29 is 22.7 Å². The predicted molar refractivity (Wildman–Crippen MR) is 163 cm³/mol. The lowest BCUT2D eigenvalue weighted by Crippen LogP contribution is -2.55. The first-order valence-corrected chi connectivity index (χ1v) is 15.2. The number of halogens is 2. The van der Waals surface area contributed by atoms with Gasteiger partial charge in [0.05, 0.1) is 17.7 Å². The van der Waals surface area contributed by atoms with Gasteiger partial charge in [-0.05, 0) is 63.6 Å². The summed E-state index contributed by atoms with van der Waals surface area (Å²) in [6.45, 7) is 6.57. The Morgan fingerprint density at radius 2 is 1.51 bits per heavy atom. The molecule has 0 fully saturated rings. The van der Waals surface area contributed by atoms with Crippen molar-refractivity contribution in [3.63, 3.8) is 0 Å². The standard InChI is InChI=1S/C30H35Cl2N3O5S/c1-6-25(29(37)33-30(2,3)4)34(19-22-23(31)15-12-16-24(22)32)28(36)20-35(26-17-10-11-18-27(26)40-5)41(38,39)21-13-8-7-9-14-21/h7-18,25H,6,19-20H2,1-5H3,(H,33,37)/t25-/m0/s1. The molecule has 2 amide bonds. The Bertz CT molecular complexity index is 1460. The Labute approximate surface area is 252 Å². The summed E-state index contributed by atoms with van der Waals surface area (Å²) in [5.41, 5.74) is 0.0533. The van der Waals surface area contributed by atoms with Crippen molar-refractivity contribution in [1.82, 2.24) is 10.2 Å². The molecule has 1 N–H and O–H groups in total. The molecule has 3 aromatic rings. The Morgan fingerprint density at radius 3 is 2.07 bits per heavy atom. The van der Waals surface area contributed by atoms with E-state index in [1.807, 2.05) is 20.8 Å². The summed E-state index contributed by atoms with van der Waals surface area (Å²) >= 11 is 12.9. The maximum absolute atomic E-state index is 14.2. The number of anilines is 1. The number of benzene rings is 3. The average molecular weight is 621 g/mol. The SMILES string of the molecule is CC[C@@H](C(=O)NC(C)(C)C)N(Cc1c(Cl)cccc1Cl)C(=O)CN(c1ccccc1OC)S(=O)(=O)c1ccccc1. The normalized spacial score (nSPS) is 12.4. The first kappa shape index (κ1) is 32.2. The van der Waals surface area contributed by atoms with E-state index >= 15 is 0 Å². The molecule has 0 saturated heterocycles. The second-order valence-corrected chi connectivity index (χ2v) is 13.1. The van der Waals surface area contributed by atoms with Crippen LogP contribution < -0.4 is 14.4 Å². The number of carbonyl (C=O) groups excluding carboxylic acids is 2. The predicted octanol–water partition coefficient (Wildman–Crippen LogP) is 5.92. The smallest absolute Gasteiger partial charge is 0.264 e. The van der Waals surface area contributed by atoms with E-state index in [0.717, 1.165) is 4.31 Å². The number of methoxy groups -OCH3 is 1. The van der Waals surface area contributed by atoms with Crippen LogP contribution in [0, 0.1) is 0 Å². The number of hydrogen-bond donors (Lipinski definition) is 1. The fourth-order valence-electron chi connectivity index (χ4n) is 4.29. The minimum atomic E-state index is -4.23. The second-order valence-electron chi connectivity index (χ2n) is 10.4. The molecule has 220 valence electrons. The van der Waals surface area contributed by atoms with Crippen molar-refractivity contribution >= 4 is 50.7 Å². The van der Waals surface area contributed by atoms with E-state index in [9.17, 15) is 18.0 Å². The van der Waals surface area contributed by atoms with Crippen molar-refractivity contribution in [2.75, 3.05) is 18.0 Å². The van der Waals surface area contributed by atoms with Crippen LogP contribution in [-0.4, -0.2) is 50.4 Å². The zero-order chi connectivity index (χ0) is 30.4. The molecule has 0 aromatic heterocycles. The van der Waals surface area contributed by atoms with Gasteiger partial charge >= 0.3 is 0 Å². The number of amides is 2. The third-order valence-corrected chi connectivity index (χ3v) is 8.72. The van der Waals surface area contributed by atoms with Gasteiger partial charge in [0.2, 0.25) is 11.8 Å². The molecular formula is C30H35Cl2N3O5S. The van der Waals surface area contributed by atoms with Crippen LogP contribution in [0.15, 0.2) is 77.7 Å². The summed E-state index contributed by atoms with van der Waals surface area (Å²) in [7, 11) is -2.81. The number of carbonyl (C=O) groups is 2. The monoisotopic (exact) mass is 619 g/mol. The number of ether oxygens (including phenoxy) is 1. The summed E-state index contributed by atoms with van der Waals surface area (Å²) < 4.78 is 34.4. The van der Waals surface area contributed by atoms with Gasteiger partial charge < -0.3 is 15.0 Å². The van der Waals surface area contributed by atoms with Crippen LogP contribution >= 0.6 is 23.2 Å². The molecule has 0 aliphatic heterocycles. The van der Waals surface area contributed by atoms with E-state index in [2.05, 4.69) is 5.32 Å². The zero-order valence-electron chi connectivity index (χ0n) is 23.7. The molecule has 0 aliphatic carbocycles. The van der Waals surface area contributed by atoms with Gasteiger partial charge in [0, 0.05) is 27.7 Å². The number of nitrogens with zero attached hydrogens (tertiary/aromatic N) is 2. The van der Waals surface area contributed by atoms with Crippen LogP contribution in [0.3, 0.4) is 0 Å². The summed E-state index contributed by atoms with van der Waals surface area (Å²) in [5.74, 6) is -0.744. The molecule has 0 heterocycles. The highest BCUT2D eigenvalue weighted by atomic mass is 35.5. The Morgan fingerprint density at radius 1 is 0.927 bits per heavy atom. The maximum atomic E-state index is 14.2. The lowest BCUT2D eigenvalue weighted by Gasteiger charge is -2.35. The molecule has 0 aliphatic rings. The molecule has 0 radical (unpaired) electrons. The molecular weight excluding hydrogens is 585 g/mol. The van der Waals surface area contributed by atoms with Crippen molar-refractivity contribution in [2.45, 2.75) is 57.1 Å². The van der Waals surface area contributed by atoms with Gasteiger partial charge in [-0.15, -0.1) is 0 Å². The van der Waals surface area contributed by atoms with Crippen molar-refractivity contribution in [2.24, 2.45) is 0 Å². The Hall–Kier alpha value is -3.27. The molecule has 3 aromatic carbocycles. The number of para-hydroxylation sites is 2. The quantitative estimate of drug-likeness (QED) is 0.287. The van der Waals surface area contributed by atoms with Gasteiger partial charge in [-0.25, -0.2) is 8.42 Å². The van der Waals surface area contributed by atoms with Gasteiger partial charge in [-0.1, -0.05) is 66.5 Å². The highest BCUT2D eigenvalue weighted by Crippen LogP contribution is 2.33. The lowest BCUT2D eigenvalue weighted by atomic mass is 10.1. The number of sulfonamides is 1. The zero-order valence-corrected chi connectivity index (χ0v) is 26.1. The maximum Gasteiger partial charge on any atom is 0.264 e. The third-order valence-electron chi connectivity index (χ3n) is 6.24. The summed E-state index contributed by atoms with van der Waals surface area (Å²) in [4.78, 5) is 29.0. The molecule has 0 bridgehead atoms. The van der Waals surface area contributed by atoms with Crippen molar-refractivity contribution in [3.8, 4) is 5.75 Å². The topological polar surface area (TPSA) is 96.0 Å². The highest BCUT2D eigenvalue weighted by Gasteiger charge is 2.36. The van der Waals surface area contributed by atoms with E-state index in [0.29, 0.717) is 15.6 Å². The van der Waals surface area contributed by atoms with Crippen LogP contribution in [0.2, 0.25) is 10.0 Å². The number of nitrogens with one attached hydrogen (secondary N) is 1. The fraction of sp³-hybridized carbons (Fsp3) is 0.333. The molecule has 41 heavy (non-hydrogen) atoms. The number of rotatable bonds is 11. The molecule has 0 unspecified atom stereocenters. The number of hydrogen-bond acceptors (Lipinski definition) is 5. The van der Waals surface area contributed by atoms with Gasteiger partial charge in [-0.2, -0.15) is 0 Å². The Kier molecular flexibility index (Phi) is 10.7. The first-order chi connectivity index (χ1) is 19.3. The van der Waals surface area contributed by atoms with Gasteiger partial charge in [-0.3, -0.25) is 13.9 Å². The van der Waals surface area contributed by atoms with E-state index in [-0.39, 0.29) is 35.2 Å². The van der Waals surface area contributed by atoms with Gasteiger partial charge in [0.15, 0.2) is 0 Å². The summed E-state index contributed by atoms with van der Waals surface area (Å²) in [6, 6.07) is 18.4. The van der Waals surface area contributed by atoms with Crippen LogP contribution in [0.1, 0.15) is 39.7 Å². The molecule has 1 atom stereocenters. The molecule has 3 rings (SSSR count). The first-order valence-electron chi connectivity index (χ1n) is 13.0. The summed E-state index contributed by atoms with van der Waals surface area (Å²) in [6.07, 6.45) is 0.260. The summed E-state index contributed by atoms with van der Waals surface area (Å²) in [5, 5.41) is 3.57. The van der Waals surface area contributed by atoms with E-state index in [1.54, 1.807) is 67.6 Å². The van der Waals surface area contributed by atoms with Crippen LogP contribution in [0.4, 0.5) is 5.69 Å². The molecule has 8 nitrogen and oxygen atoms in total. The minimum Gasteiger partial charge on any atom is -0.495 e.